The molecule has 3 N–H and O–H groups in total. The number of carbonyl (C=O) groups is 1. The molecule has 2 amide bonds. The van der Waals surface area contributed by atoms with Crippen LogP contribution in [0, 0.1) is 0 Å². The van der Waals surface area contributed by atoms with Gasteiger partial charge in [0.25, 0.3) is 0 Å². The van der Waals surface area contributed by atoms with Crippen LogP contribution < -0.4 is 20.1 Å². The summed E-state index contributed by atoms with van der Waals surface area (Å²) in [4.78, 5) is 11.8. The zero-order valence-electron chi connectivity index (χ0n) is 12.1. The van der Waals surface area contributed by atoms with Crippen molar-refractivity contribution in [3.05, 3.63) is 18.2 Å². The van der Waals surface area contributed by atoms with Crippen molar-refractivity contribution in [1.82, 2.24) is 5.32 Å². The number of nitrogens with one attached hydrogen (secondary N) is 2. The highest BCUT2D eigenvalue weighted by Gasteiger charge is 2.21. The van der Waals surface area contributed by atoms with E-state index in [1.54, 1.807) is 36.9 Å². The van der Waals surface area contributed by atoms with Gasteiger partial charge in [-0.05, 0) is 37.5 Å². The Hall–Kier alpha value is -1.60. The molecule has 1 aromatic carbocycles. The summed E-state index contributed by atoms with van der Waals surface area (Å²) in [6.07, 6.45) is 2.61. The van der Waals surface area contributed by atoms with Crippen molar-refractivity contribution in [3.63, 3.8) is 0 Å². The predicted molar refractivity (Wildman–Crippen MR) is 83.2 cm³/mol. The first-order chi connectivity index (χ1) is 10.00. The number of hydrogen-bond donors (Lipinski definition) is 3. The van der Waals surface area contributed by atoms with E-state index in [4.69, 9.17) is 9.47 Å². The molecule has 0 saturated heterocycles. The standard InChI is InChI=1S/C14H20N2O4S/c1-14(18,5-6-21-2)8-15-13(17)16-10-3-4-11-12(7-10)20-9-19-11/h3-4,7,18H,5-6,8-9H2,1-2H3,(H2,15,16,17)/t14-/m0/s1. The Bertz CT molecular complexity index is 508. The first-order valence-corrected chi connectivity index (χ1v) is 8.05. The lowest BCUT2D eigenvalue weighted by molar-refractivity contribution is 0.0599. The van der Waals surface area contributed by atoms with E-state index in [0.717, 1.165) is 5.75 Å². The van der Waals surface area contributed by atoms with Crippen molar-refractivity contribution in [2.75, 3.05) is 30.7 Å². The largest absolute Gasteiger partial charge is 0.454 e. The minimum Gasteiger partial charge on any atom is -0.454 e. The number of rotatable bonds is 6. The quantitative estimate of drug-likeness (QED) is 0.749. The number of urea groups is 1. The highest BCUT2D eigenvalue weighted by Crippen LogP contribution is 2.34. The summed E-state index contributed by atoms with van der Waals surface area (Å²) in [5.74, 6) is 2.12. The zero-order chi connectivity index (χ0) is 15.3. The minimum atomic E-state index is -0.908. The van der Waals surface area contributed by atoms with Crippen LogP contribution in [0.1, 0.15) is 13.3 Å². The Morgan fingerprint density at radius 2 is 2.19 bits per heavy atom. The molecule has 116 valence electrons. The first-order valence-electron chi connectivity index (χ1n) is 6.66. The monoisotopic (exact) mass is 312 g/mol. The van der Waals surface area contributed by atoms with Crippen molar-refractivity contribution in [3.8, 4) is 11.5 Å². The van der Waals surface area contributed by atoms with Crippen molar-refractivity contribution in [1.29, 1.82) is 0 Å². The summed E-state index contributed by atoms with van der Waals surface area (Å²) in [6.45, 7) is 2.11. The minimum absolute atomic E-state index is 0.198. The van der Waals surface area contributed by atoms with Gasteiger partial charge in [0, 0.05) is 18.3 Å². The van der Waals surface area contributed by atoms with Crippen LogP contribution >= 0.6 is 11.8 Å². The molecule has 0 radical (unpaired) electrons. The molecule has 0 spiro atoms. The van der Waals surface area contributed by atoms with E-state index in [0.29, 0.717) is 23.6 Å². The van der Waals surface area contributed by atoms with Crippen LogP contribution in [0.3, 0.4) is 0 Å². The molecule has 1 aromatic rings. The summed E-state index contributed by atoms with van der Waals surface area (Å²) in [5.41, 5.74) is -0.296. The number of aliphatic hydroxyl groups is 1. The van der Waals surface area contributed by atoms with Gasteiger partial charge in [-0.3, -0.25) is 0 Å². The molecule has 0 fully saturated rings. The number of benzene rings is 1. The van der Waals surface area contributed by atoms with Gasteiger partial charge in [-0.15, -0.1) is 0 Å². The van der Waals surface area contributed by atoms with E-state index in [2.05, 4.69) is 10.6 Å². The second kappa shape index (κ2) is 6.91. The highest BCUT2D eigenvalue weighted by atomic mass is 32.2. The van der Waals surface area contributed by atoms with E-state index in [1.807, 2.05) is 6.26 Å². The average molecular weight is 312 g/mol. The second-order valence-corrected chi connectivity index (χ2v) is 6.10. The first kappa shape index (κ1) is 15.8. The third kappa shape index (κ3) is 4.71. The fraction of sp³-hybridized carbons (Fsp3) is 0.500. The Morgan fingerprint density at radius 3 is 2.95 bits per heavy atom. The normalized spacial score (nSPS) is 15.4. The number of ether oxygens (including phenoxy) is 2. The molecule has 21 heavy (non-hydrogen) atoms. The lowest BCUT2D eigenvalue weighted by Gasteiger charge is -2.23. The number of thioether (sulfide) groups is 1. The number of fused-ring (bicyclic) bond motifs is 1. The molecule has 0 bridgehead atoms. The van der Waals surface area contributed by atoms with E-state index in [-0.39, 0.29) is 19.4 Å². The van der Waals surface area contributed by atoms with Crippen LogP contribution in [0.25, 0.3) is 0 Å². The Morgan fingerprint density at radius 1 is 1.43 bits per heavy atom. The smallest absolute Gasteiger partial charge is 0.319 e. The van der Waals surface area contributed by atoms with E-state index >= 15 is 0 Å². The maximum absolute atomic E-state index is 11.8. The SMILES string of the molecule is CSCC[C@](C)(O)CNC(=O)Nc1ccc2c(c1)OCO2. The fourth-order valence-electron chi connectivity index (χ4n) is 1.83. The van der Waals surface area contributed by atoms with E-state index in [1.165, 1.54) is 0 Å². The Labute approximate surface area is 128 Å². The zero-order valence-corrected chi connectivity index (χ0v) is 13.0. The second-order valence-electron chi connectivity index (χ2n) is 5.12. The van der Waals surface area contributed by atoms with Crippen molar-refractivity contribution in [2.24, 2.45) is 0 Å². The van der Waals surface area contributed by atoms with Crippen LogP contribution in [0.5, 0.6) is 11.5 Å². The fourth-order valence-corrected chi connectivity index (χ4v) is 2.47. The van der Waals surface area contributed by atoms with Crippen molar-refractivity contribution in [2.45, 2.75) is 18.9 Å². The lowest BCUT2D eigenvalue weighted by Crippen LogP contribution is -2.42. The summed E-state index contributed by atoms with van der Waals surface area (Å²) in [6, 6.07) is 4.82. The molecule has 0 aromatic heterocycles. The van der Waals surface area contributed by atoms with Crippen molar-refractivity contribution < 1.29 is 19.4 Å². The molecule has 1 heterocycles. The molecular formula is C14H20N2O4S. The van der Waals surface area contributed by atoms with Crippen LogP contribution in [0.2, 0.25) is 0 Å². The summed E-state index contributed by atoms with van der Waals surface area (Å²) in [7, 11) is 0. The number of amides is 2. The molecule has 2 rings (SSSR count). The molecule has 0 saturated carbocycles. The van der Waals surface area contributed by atoms with Crippen molar-refractivity contribution >= 4 is 23.5 Å². The van der Waals surface area contributed by atoms with Gasteiger partial charge in [-0.1, -0.05) is 0 Å². The van der Waals surface area contributed by atoms with Gasteiger partial charge >= 0.3 is 6.03 Å². The van der Waals surface area contributed by atoms with Crippen LogP contribution in [0.4, 0.5) is 10.5 Å². The van der Waals surface area contributed by atoms with Crippen LogP contribution in [-0.4, -0.2) is 42.1 Å². The maximum Gasteiger partial charge on any atom is 0.319 e. The van der Waals surface area contributed by atoms with Gasteiger partial charge in [0.15, 0.2) is 11.5 Å². The lowest BCUT2D eigenvalue weighted by atomic mass is 10.0. The third-order valence-corrected chi connectivity index (χ3v) is 3.72. The van der Waals surface area contributed by atoms with Gasteiger partial charge in [0.2, 0.25) is 6.79 Å². The number of hydrogen-bond acceptors (Lipinski definition) is 5. The molecule has 1 atom stereocenters. The van der Waals surface area contributed by atoms with E-state index in [9.17, 15) is 9.90 Å². The topological polar surface area (TPSA) is 79.8 Å². The molecule has 6 nitrogen and oxygen atoms in total. The number of carbonyl (C=O) groups excluding carboxylic acids is 1. The number of anilines is 1. The van der Waals surface area contributed by atoms with Gasteiger partial charge in [-0.2, -0.15) is 11.8 Å². The molecule has 1 aliphatic rings. The molecular weight excluding hydrogens is 292 g/mol. The molecule has 0 aliphatic carbocycles. The Kier molecular flexibility index (Phi) is 5.19. The summed E-state index contributed by atoms with van der Waals surface area (Å²) >= 11 is 1.66. The predicted octanol–water partition coefficient (Wildman–Crippen LogP) is 2.04. The highest BCUT2D eigenvalue weighted by molar-refractivity contribution is 7.98. The molecule has 0 unspecified atom stereocenters. The Balaban J connectivity index is 1.82. The average Bonchev–Trinajstić information content (AvgIpc) is 2.91. The molecule has 7 heteroatoms. The van der Waals surface area contributed by atoms with Gasteiger partial charge < -0.3 is 25.2 Å². The van der Waals surface area contributed by atoms with Gasteiger partial charge in [-0.25, -0.2) is 4.79 Å². The summed E-state index contributed by atoms with van der Waals surface area (Å²) < 4.78 is 10.4. The third-order valence-electron chi connectivity index (χ3n) is 3.10. The van der Waals surface area contributed by atoms with Gasteiger partial charge in [0.1, 0.15) is 0 Å². The maximum atomic E-state index is 11.8. The van der Waals surface area contributed by atoms with E-state index < -0.39 is 5.60 Å². The van der Waals surface area contributed by atoms with Crippen LogP contribution in [0.15, 0.2) is 18.2 Å². The van der Waals surface area contributed by atoms with Gasteiger partial charge in [0.05, 0.1) is 5.60 Å². The van der Waals surface area contributed by atoms with Crippen LogP contribution in [-0.2, 0) is 0 Å². The summed E-state index contributed by atoms with van der Waals surface area (Å²) in [5, 5.41) is 15.5. The molecule has 1 aliphatic heterocycles.